The minimum Gasteiger partial charge on any atom is -0.481 e. The molecule has 0 spiro atoms. The van der Waals surface area contributed by atoms with Gasteiger partial charge in [-0.3, -0.25) is 4.79 Å². The number of carbonyl (C=O) groups is 1. The van der Waals surface area contributed by atoms with Crippen LogP contribution in [0.4, 0.5) is 5.69 Å². The van der Waals surface area contributed by atoms with Crippen LogP contribution in [0.25, 0.3) is 0 Å². The zero-order valence-electron chi connectivity index (χ0n) is 13.9. The van der Waals surface area contributed by atoms with E-state index in [1.54, 1.807) is 6.92 Å². The largest absolute Gasteiger partial charge is 0.481 e. The third-order valence-electron chi connectivity index (χ3n) is 3.60. The van der Waals surface area contributed by atoms with E-state index in [2.05, 4.69) is 47.2 Å². The first-order valence-electron chi connectivity index (χ1n) is 7.71. The monoisotopic (exact) mass is 375 g/mol. The van der Waals surface area contributed by atoms with E-state index in [-0.39, 0.29) is 5.91 Å². The van der Waals surface area contributed by atoms with E-state index in [9.17, 15) is 4.79 Å². The molecule has 0 saturated carbocycles. The number of aryl methyl sites for hydroxylation is 1. The molecule has 1 N–H and O–H groups in total. The number of carbonyl (C=O) groups excluding carboxylic acids is 1. The van der Waals surface area contributed by atoms with Crippen molar-refractivity contribution in [3.63, 3.8) is 0 Å². The van der Waals surface area contributed by atoms with Crippen molar-refractivity contribution in [2.45, 2.75) is 39.7 Å². The number of hydrogen-bond acceptors (Lipinski definition) is 2. The molecule has 0 radical (unpaired) electrons. The molecular formula is C19H22BrNO2. The standard InChI is InChI=1S/C19H22BrNO2/c1-12(2)15-10-9-13(3)11-18(15)23-14(4)19(22)21-17-8-6-5-7-16(17)20/h5-12,14H,1-4H3,(H,21,22)/t14-/m0/s1. The molecule has 1 atom stereocenters. The lowest BCUT2D eigenvalue weighted by molar-refractivity contribution is -0.122. The second-order valence-corrected chi connectivity index (χ2v) is 6.78. The van der Waals surface area contributed by atoms with Gasteiger partial charge in [0.2, 0.25) is 0 Å². The SMILES string of the molecule is Cc1ccc(C(C)C)c(O[C@@H](C)C(=O)Nc2ccccc2Br)c1. The summed E-state index contributed by atoms with van der Waals surface area (Å²) in [5, 5.41) is 2.88. The Morgan fingerprint density at radius 2 is 1.83 bits per heavy atom. The summed E-state index contributed by atoms with van der Waals surface area (Å²) in [4.78, 5) is 12.4. The normalized spacial score (nSPS) is 12.1. The summed E-state index contributed by atoms with van der Waals surface area (Å²) < 4.78 is 6.78. The molecule has 23 heavy (non-hydrogen) atoms. The quantitative estimate of drug-likeness (QED) is 0.770. The number of ether oxygens (including phenoxy) is 1. The van der Waals surface area contributed by atoms with Gasteiger partial charge >= 0.3 is 0 Å². The molecule has 2 aromatic rings. The molecular weight excluding hydrogens is 354 g/mol. The van der Waals surface area contributed by atoms with Crippen LogP contribution in [-0.4, -0.2) is 12.0 Å². The highest BCUT2D eigenvalue weighted by atomic mass is 79.9. The van der Waals surface area contributed by atoms with E-state index in [1.165, 1.54) is 0 Å². The summed E-state index contributed by atoms with van der Waals surface area (Å²) in [6, 6.07) is 13.6. The second-order valence-electron chi connectivity index (χ2n) is 5.93. The van der Waals surface area contributed by atoms with Crippen LogP contribution in [0.5, 0.6) is 5.75 Å². The molecule has 0 saturated heterocycles. The Morgan fingerprint density at radius 1 is 1.13 bits per heavy atom. The molecule has 0 aromatic heterocycles. The van der Waals surface area contributed by atoms with Crippen LogP contribution in [0.1, 0.15) is 37.8 Å². The molecule has 0 aliphatic heterocycles. The summed E-state index contributed by atoms with van der Waals surface area (Å²) in [6.45, 7) is 8.01. The van der Waals surface area contributed by atoms with E-state index in [4.69, 9.17) is 4.74 Å². The number of benzene rings is 2. The fourth-order valence-electron chi connectivity index (χ4n) is 2.26. The van der Waals surface area contributed by atoms with Crippen molar-refractivity contribution in [2.75, 3.05) is 5.32 Å². The first-order chi connectivity index (χ1) is 10.9. The fraction of sp³-hybridized carbons (Fsp3) is 0.316. The molecule has 4 heteroatoms. The molecule has 0 bridgehead atoms. The van der Waals surface area contributed by atoms with Crippen molar-refractivity contribution in [1.82, 2.24) is 0 Å². The van der Waals surface area contributed by atoms with E-state index in [1.807, 2.05) is 37.3 Å². The van der Waals surface area contributed by atoms with E-state index < -0.39 is 6.10 Å². The van der Waals surface area contributed by atoms with Gasteiger partial charge in [-0.1, -0.05) is 38.1 Å². The predicted octanol–water partition coefficient (Wildman–Crippen LogP) is 5.29. The molecule has 0 aliphatic carbocycles. The lowest BCUT2D eigenvalue weighted by Crippen LogP contribution is -2.30. The maximum absolute atomic E-state index is 12.4. The van der Waals surface area contributed by atoms with Gasteiger partial charge in [-0.25, -0.2) is 0 Å². The van der Waals surface area contributed by atoms with Crippen LogP contribution in [0.15, 0.2) is 46.9 Å². The lowest BCUT2D eigenvalue weighted by atomic mass is 10.0. The van der Waals surface area contributed by atoms with E-state index in [0.29, 0.717) is 5.92 Å². The highest BCUT2D eigenvalue weighted by molar-refractivity contribution is 9.10. The van der Waals surface area contributed by atoms with Gasteiger partial charge in [-0.15, -0.1) is 0 Å². The maximum atomic E-state index is 12.4. The zero-order chi connectivity index (χ0) is 17.0. The summed E-state index contributed by atoms with van der Waals surface area (Å²) >= 11 is 3.43. The number of amides is 1. The molecule has 122 valence electrons. The minimum atomic E-state index is -0.582. The van der Waals surface area contributed by atoms with Crippen molar-refractivity contribution < 1.29 is 9.53 Å². The number of halogens is 1. The van der Waals surface area contributed by atoms with E-state index in [0.717, 1.165) is 27.0 Å². The summed E-state index contributed by atoms with van der Waals surface area (Å²) in [7, 11) is 0. The molecule has 3 nitrogen and oxygen atoms in total. The first kappa shape index (κ1) is 17.5. The maximum Gasteiger partial charge on any atom is 0.265 e. The van der Waals surface area contributed by atoms with Crippen LogP contribution in [0.2, 0.25) is 0 Å². The molecule has 0 fully saturated rings. The summed E-state index contributed by atoms with van der Waals surface area (Å²) in [5.74, 6) is 0.937. The first-order valence-corrected chi connectivity index (χ1v) is 8.50. The topological polar surface area (TPSA) is 38.3 Å². The van der Waals surface area contributed by atoms with Gasteiger partial charge in [-0.05, 0) is 65.0 Å². The Balaban J connectivity index is 2.13. The van der Waals surface area contributed by atoms with Gasteiger partial charge in [-0.2, -0.15) is 0 Å². The number of para-hydroxylation sites is 1. The average Bonchev–Trinajstić information content (AvgIpc) is 2.49. The van der Waals surface area contributed by atoms with E-state index >= 15 is 0 Å². The van der Waals surface area contributed by atoms with Gasteiger partial charge in [0.1, 0.15) is 5.75 Å². The van der Waals surface area contributed by atoms with Crippen LogP contribution in [-0.2, 0) is 4.79 Å². The zero-order valence-corrected chi connectivity index (χ0v) is 15.5. The number of anilines is 1. The Labute approximate surface area is 146 Å². The molecule has 0 heterocycles. The van der Waals surface area contributed by atoms with Crippen molar-refractivity contribution >= 4 is 27.5 Å². The predicted molar refractivity (Wildman–Crippen MR) is 98.1 cm³/mol. The molecule has 2 aromatic carbocycles. The van der Waals surface area contributed by atoms with Gasteiger partial charge < -0.3 is 10.1 Å². The van der Waals surface area contributed by atoms with Gasteiger partial charge in [0.15, 0.2) is 6.10 Å². The number of rotatable bonds is 5. The highest BCUT2D eigenvalue weighted by Gasteiger charge is 2.18. The Bertz CT molecular complexity index is 698. The Morgan fingerprint density at radius 3 is 2.48 bits per heavy atom. The molecule has 2 rings (SSSR count). The smallest absolute Gasteiger partial charge is 0.265 e. The third-order valence-corrected chi connectivity index (χ3v) is 4.29. The second kappa shape index (κ2) is 7.64. The molecule has 1 amide bonds. The molecule has 0 unspecified atom stereocenters. The van der Waals surface area contributed by atoms with Crippen LogP contribution in [0.3, 0.4) is 0 Å². The molecule has 0 aliphatic rings. The number of hydrogen-bond donors (Lipinski definition) is 1. The summed E-state index contributed by atoms with van der Waals surface area (Å²) in [5.41, 5.74) is 2.96. The van der Waals surface area contributed by atoms with Gasteiger partial charge in [0.05, 0.1) is 5.69 Å². The van der Waals surface area contributed by atoms with Crippen molar-refractivity contribution in [3.05, 3.63) is 58.1 Å². The van der Waals surface area contributed by atoms with Crippen molar-refractivity contribution in [3.8, 4) is 5.75 Å². The summed E-state index contributed by atoms with van der Waals surface area (Å²) in [6.07, 6.45) is -0.582. The lowest BCUT2D eigenvalue weighted by Gasteiger charge is -2.19. The Kier molecular flexibility index (Phi) is 5.83. The number of nitrogens with one attached hydrogen (secondary N) is 1. The van der Waals surface area contributed by atoms with Gasteiger partial charge in [0.25, 0.3) is 5.91 Å². The highest BCUT2D eigenvalue weighted by Crippen LogP contribution is 2.28. The van der Waals surface area contributed by atoms with Gasteiger partial charge in [0, 0.05) is 4.47 Å². The third kappa shape index (κ3) is 4.58. The van der Waals surface area contributed by atoms with Crippen molar-refractivity contribution in [2.24, 2.45) is 0 Å². The fourth-order valence-corrected chi connectivity index (χ4v) is 2.65. The Hall–Kier alpha value is -1.81. The average molecular weight is 376 g/mol. The van der Waals surface area contributed by atoms with Crippen LogP contribution < -0.4 is 10.1 Å². The van der Waals surface area contributed by atoms with Crippen LogP contribution >= 0.6 is 15.9 Å². The minimum absolute atomic E-state index is 0.173. The van der Waals surface area contributed by atoms with Crippen molar-refractivity contribution in [1.29, 1.82) is 0 Å². The van der Waals surface area contributed by atoms with Crippen LogP contribution in [0, 0.1) is 6.92 Å².